The van der Waals surface area contributed by atoms with Crippen LogP contribution in [0.1, 0.15) is 31.9 Å². The zero-order chi connectivity index (χ0) is 14.9. The van der Waals surface area contributed by atoms with Crippen LogP contribution in [0.25, 0.3) is 11.0 Å². The molecule has 1 unspecified atom stereocenters. The number of hydrogen-bond acceptors (Lipinski definition) is 4. The highest BCUT2D eigenvalue weighted by Gasteiger charge is 2.31. The van der Waals surface area contributed by atoms with Crippen LogP contribution in [0.3, 0.4) is 0 Å². The molecule has 1 atom stereocenters. The number of nitrogens with two attached hydrogens (primary N) is 1. The minimum absolute atomic E-state index is 0.249. The molecule has 2 rings (SSSR count). The number of esters is 1. The molecule has 0 saturated carbocycles. The Hall–Kier alpha value is -2.08. The molecule has 4 N–H and O–H groups in total. The van der Waals surface area contributed by atoms with Gasteiger partial charge in [-0.1, -0.05) is 6.07 Å². The minimum atomic E-state index is -0.658. The van der Waals surface area contributed by atoms with Crippen LogP contribution in [0.4, 0.5) is 0 Å². The van der Waals surface area contributed by atoms with Crippen molar-refractivity contribution < 1.29 is 9.53 Å². The van der Waals surface area contributed by atoms with Crippen LogP contribution in [0, 0.1) is 5.41 Å². The van der Waals surface area contributed by atoms with E-state index in [1.54, 1.807) is 19.9 Å². The number of carbonyl (C=O) groups excluding carboxylic acids is 1. The Morgan fingerprint density at radius 1 is 1.35 bits per heavy atom. The van der Waals surface area contributed by atoms with Crippen LogP contribution in [0.2, 0.25) is 0 Å². The SMILES string of the molecule is COC(=O)C(C)(C)CC(N)c1ccc2[nH]c(=O)[nH]c2c1. The van der Waals surface area contributed by atoms with Crippen LogP contribution in [-0.4, -0.2) is 23.0 Å². The molecule has 0 radical (unpaired) electrons. The summed E-state index contributed by atoms with van der Waals surface area (Å²) in [4.78, 5) is 28.3. The third-order valence-corrected chi connectivity index (χ3v) is 3.44. The van der Waals surface area contributed by atoms with Gasteiger partial charge in [-0.3, -0.25) is 4.79 Å². The molecule has 108 valence electrons. The number of hydrogen-bond donors (Lipinski definition) is 3. The molecule has 0 bridgehead atoms. The number of benzene rings is 1. The van der Waals surface area contributed by atoms with Crippen molar-refractivity contribution in [3.05, 3.63) is 34.2 Å². The third-order valence-electron chi connectivity index (χ3n) is 3.44. The van der Waals surface area contributed by atoms with Gasteiger partial charge in [0.05, 0.1) is 23.6 Å². The Labute approximate surface area is 116 Å². The highest BCUT2D eigenvalue weighted by molar-refractivity contribution is 5.76. The van der Waals surface area contributed by atoms with Gasteiger partial charge in [0.1, 0.15) is 0 Å². The van der Waals surface area contributed by atoms with E-state index in [4.69, 9.17) is 10.5 Å². The molecule has 1 heterocycles. The summed E-state index contributed by atoms with van der Waals surface area (Å²) in [6.45, 7) is 3.60. The number of aromatic nitrogens is 2. The first-order chi connectivity index (χ1) is 9.33. The fourth-order valence-electron chi connectivity index (χ4n) is 2.31. The van der Waals surface area contributed by atoms with E-state index in [1.807, 2.05) is 12.1 Å². The Morgan fingerprint density at radius 3 is 2.65 bits per heavy atom. The Kier molecular flexibility index (Phi) is 3.67. The van der Waals surface area contributed by atoms with Crippen molar-refractivity contribution in [2.75, 3.05) is 7.11 Å². The van der Waals surface area contributed by atoms with Gasteiger partial charge in [0.15, 0.2) is 0 Å². The van der Waals surface area contributed by atoms with E-state index in [0.29, 0.717) is 11.9 Å². The largest absolute Gasteiger partial charge is 0.469 e. The smallest absolute Gasteiger partial charge is 0.323 e. The standard InChI is InChI=1S/C14H19N3O3/c1-14(2,12(18)20-3)7-9(15)8-4-5-10-11(6-8)17-13(19)16-10/h4-6,9H,7,15H2,1-3H3,(H2,16,17,19). The van der Waals surface area contributed by atoms with Gasteiger partial charge in [-0.2, -0.15) is 0 Å². The van der Waals surface area contributed by atoms with E-state index in [1.165, 1.54) is 7.11 Å². The molecule has 20 heavy (non-hydrogen) atoms. The van der Waals surface area contributed by atoms with Gasteiger partial charge in [0.2, 0.25) is 0 Å². The molecule has 0 spiro atoms. The van der Waals surface area contributed by atoms with Crippen LogP contribution in [0.15, 0.2) is 23.0 Å². The second-order valence-corrected chi connectivity index (χ2v) is 5.57. The molecule has 0 aliphatic rings. The summed E-state index contributed by atoms with van der Waals surface area (Å²) < 4.78 is 4.78. The molecule has 0 aliphatic heterocycles. The average molecular weight is 277 g/mol. The maximum Gasteiger partial charge on any atom is 0.323 e. The number of ether oxygens (including phenoxy) is 1. The molecular formula is C14H19N3O3. The third kappa shape index (κ3) is 2.75. The van der Waals surface area contributed by atoms with E-state index in [9.17, 15) is 9.59 Å². The molecule has 0 saturated heterocycles. The lowest BCUT2D eigenvalue weighted by Crippen LogP contribution is -2.30. The molecule has 2 aromatic rings. The number of nitrogens with one attached hydrogen (secondary N) is 2. The summed E-state index contributed by atoms with van der Waals surface area (Å²) in [5.74, 6) is -0.288. The van der Waals surface area contributed by atoms with Gasteiger partial charge >= 0.3 is 11.7 Å². The maximum absolute atomic E-state index is 11.7. The molecular weight excluding hydrogens is 258 g/mol. The molecule has 6 heteroatoms. The number of fused-ring (bicyclic) bond motifs is 1. The van der Waals surface area contributed by atoms with E-state index < -0.39 is 5.41 Å². The predicted molar refractivity (Wildman–Crippen MR) is 76.3 cm³/mol. The van der Waals surface area contributed by atoms with Crippen molar-refractivity contribution in [1.82, 2.24) is 9.97 Å². The first-order valence-electron chi connectivity index (χ1n) is 6.39. The summed E-state index contributed by atoms with van der Waals surface area (Å²) >= 11 is 0. The van der Waals surface area contributed by atoms with Gasteiger partial charge in [-0.05, 0) is 38.0 Å². The van der Waals surface area contributed by atoms with Gasteiger partial charge < -0.3 is 20.4 Å². The van der Waals surface area contributed by atoms with E-state index in [-0.39, 0.29) is 17.7 Å². The van der Waals surface area contributed by atoms with E-state index in [0.717, 1.165) is 11.1 Å². The monoisotopic (exact) mass is 277 g/mol. The number of imidazole rings is 1. The van der Waals surface area contributed by atoms with Crippen LogP contribution < -0.4 is 11.4 Å². The number of aromatic amines is 2. The van der Waals surface area contributed by atoms with Gasteiger partial charge in [-0.25, -0.2) is 4.79 Å². The fourth-order valence-corrected chi connectivity index (χ4v) is 2.31. The van der Waals surface area contributed by atoms with Gasteiger partial charge in [0.25, 0.3) is 0 Å². The van der Waals surface area contributed by atoms with Crippen molar-refractivity contribution in [2.45, 2.75) is 26.3 Å². The summed E-state index contributed by atoms with van der Waals surface area (Å²) in [6, 6.07) is 5.16. The Balaban J connectivity index is 2.24. The zero-order valence-electron chi connectivity index (χ0n) is 11.8. The minimum Gasteiger partial charge on any atom is -0.469 e. The fraction of sp³-hybridized carbons (Fsp3) is 0.429. The quantitative estimate of drug-likeness (QED) is 0.736. The first kappa shape index (κ1) is 14.3. The molecule has 1 aromatic heterocycles. The topological polar surface area (TPSA) is 101 Å². The number of rotatable bonds is 4. The van der Waals surface area contributed by atoms with E-state index in [2.05, 4.69) is 9.97 Å². The predicted octanol–water partition coefficient (Wildman–Crippen LogP) is 1.45. The van der Waals surface area contributed by atoms with Crippen LogP contribution >= 0.6 is 0 Å². The van der Waals surface area contributed by atoms with Crippen LogP contribution in [-0.2, 0) is 9.53 Å². The van der Waals surface area contributed by atoms with Crippen molar-refractivity contribution in [1.29, 1.82) is 0 Å². The van der Waals surface area contributed by atoms with Crippen molar-refractivity contribution in [3.63, 3.8) is 0 Å². The Bertz CT molecular complexity index is 684. The second kappa shape index (κ2) is 5.13. The summed E-state index contributed by atoms with van der Waals surface area (Å²) in [5.41, 5.74) is 7.56. The van der Waals surface area contributed by atoms with Crippen molar-refractivity contribution >= 4 is 17.0 Å². The van der Waals surface area contributed by atoms with Gasteiger partial charge in [0, 0.05) is 6.04 Å². The van der Waals surface area contributed by atoms with Crippen LogP contribution in [0.5, 0.6) is 0 Å². The molecule has 0 fully saturated rings. The number of methoxy groups -OCH3 is 1. The molecule has 6 nitrogen and oxygen atoms in total. The highest BCUT2D eigenvalue weighted by Crippen LogP contribution is 2.30. The second-order valence-electron chi connectivity index (χ2n) is 5.57. The maximum atomic E-state index is 11.7. The normalized spacial score (nSPS) is 13.4. The lowest BCUT2D eigenvalue weighted by atomic mass is 9.84. The van der Waals surface area contributed by atoms with Crippen molar-refractivity contribution in [2.24, 2.45) is 11.1 Å². The summed E-state index contributed by atoms with van der Waals surface area (Å²) in [6.07, 6.45) is 0.458. The number of carbonyl (C=O) groups is 1. The van der Waals surface area contributed by atoms with E-state index >= 15 is 0 Å². The lowest BCUT2D eigenvalue weighted by Gasteiger charge is -2.25. The molecule has 0 aliphatic carbocycles. The summed E-state index contributed by atoms with van der Waals surface area (Å²) in [5, 5.41) is 0. The molecule has 0 amide bonds. The average Bonchev–Trinajstić information content (AvgIpc) is 2.75. The molecule has 1 aromatic carbocycles. The zero-order valence-corrected chi connectivity index (χ0v) is 11.8. The summed E-state index contributed by atoms with van der Waals surface area (Å²) in [7, 11) is 1.37. The van der Waals surface area contributed by atoms with Crippen molar-refractivity contribution in [3.8, 4) is 0 Å². The highest BCUT2D eigenvalue weighted by atomic mass is 16.5. The Morgan fingerprint density at radius 2 is 2.00 bits per heavy atom. The van der Waals surface area contributed by atoms with Gasteiger partial charge in [-0.15, -0.1) is 0 Å². The lowest BCUT2D eigenvalue weighted by molar-refractivity contribution is -0.151. The first-order valence-corrected chi connectivity index (χ1v) is 6.39. The number of H-pyrrole nitrogens is 2.